The van der Waals surface area contributed by atoms with Crippen molar-refractivity contribution in [1.29, 1.82) is 0 Å². The highest BCUT2D eigenvalue weighted by atomic mass is 32.2. The number of ketones is 1. The van der Waals surface area contributed by atoms with Crippen LogP contribution >= 0.6 is 11.8 Å². The van der Waals surface area contributed by atoms with Gasteiger partial charge in [-0.05, 0) is 54.3 Å². The second-order valence-corrected chi connectivity index (χ2v) is 9.65. The molecule has 1 aliphatic carbocycles. The first-order chi connectivity index (χ1) is 16.6. The minimum Gasteiger partial charge on any atom is -0.493 e. The van der Waals surface area contributed by atoms with E-state index >= 15 is 0 Å². The molecule has 2 aliphatic rings. The van der Waals surface area contributed by atoms with Crippen molar-refractivity contribution in [3.05, 3.63) is 70.4 Å². The van der Waals surface area contributed by atoms with E-state index in [1.54, 1.807) is 18.9 Å². The van der Waals surface area contributed by atoms with Gasteiger partial charge >= 0.3 is 0 Å². The molecule has 0 bridgehead atoms. The van der Waals surface area contributed by atoms with Gasteiger partial charge in [0.25, 0.3) is 0 Å². The molecule has 0 amide bonds. The normalized spacial score (nSPS) is 17.1. The van der Waals surface area contributed by atoms with Crippen molar-refractivity contribution in [1.82, 2.24) is 14.8 Å². The fraction of sp³-hybridized carbons (Fsp3) is 0.346. The Morgan fingerprint density at radius 2 is 2.03 bits per heavy atom. The van der Waals surface area contributed by atoms with Gasteiger partial charge < -0.3 is 14.8 Å². The molecule has 0 saturated heterocycles. The minimum absolute atomic E-state index is 0.156. The summed E-state index contributed by atoms with van der Waals surface area (Å²) < 4.78 is 13.7. The highest BCUT2D eigenvalue weighted by Gasteiger charge is 2.37. The summed E-state index contributed by atoms with van der Waals surface area (Å²) in [4.78, 5) is 17.7. The maximum atomic E-state index is 13.0. The van der Waals surface area contributed by atoms with Gasteiger partial charge in [0.2, 0.25) is 11.1 Å². The Hall–Kier alpha value is -3.26. The van der Waals surface area contributed by atoms with Crippen molar-refractivity contribution in [2.75, 3.05) is 18.2 Å². The standard InChI is InChI=1S/C26H28N4O3S/c1-4-34-26-28-25-27-19-10-7-11-20(31)23(19)24(30(25)29-26)17-12-13-21(22(14-17)32-3)33-15-18-9-6-5-8-16(18)2/h5-6,8-9,12-14,24H,4,7,10-11,15H2,1-3H3,(H,27,28,29). The van der Waals surface area contributed by atoms with Gasteiger partial charge in [-0.2, -0.15) is 4.98 Å². The van der Waals surface area contributed by atoms with Crippen LogP contribution in [-0.2, 0) is 11.4 Å². The molecule has 3 aromatic rings. The molecule has 1 atom stereocenters. The highest BCUT2D eigenvalue weighted by Crippen LogP contribution is 2.42. The molecule has 2 heterocycles. The lowest BCUT2D eigenvalue weighted by molar-refractivity contribution is -0.116. The van der Waals surface area contributed by atoms with E-state index in [1.807, 2.05) is 35.0 Å². The number of Topliss-reactive ketones (excluding diaryl/α,β-unsaturated/α-hetero) is 1. The van der Waals surface area contributed by atoms with Gasteiger partial charge in [0.1, 0.15) is 12.6 Å². The number of methoxy groups -OCH3 is 1. The second-order valence-electron chi connectivity index (χ2n) is 8.42. The first-order valence-corrected chi connectivity index (χ1v) is 12.6. The van der Waals surface area contributed by atoms with Crippen LogP contribution in [0.3, 0.4) is 0 Å². The van der Waals surface area contributed by atoms with Gasteiger partial charge in [-0.15, -0.1) is 5.10 Å². The molecule has 176 valence electrons. The summed E-state index contributed by atoms with van der Waals surface area (Å²) in [5.74, 6) is 2.99. The molecule has 0 fully saturated rings. The zero-order chi connectivity index (χ0) is 23.7. The van der Waals surface area contributed by atoms with E-state index in [-0.39, 0.29) is 11.8 Å². The number of fused-ring (bicyclic) bond motifs is 1. The number of hydrogen-bond acceptors (Lipinski definition) is 7. The van der Waals surface area contributed by atoms with E-state index in [1.165, 1.54) is 5.56 Å². The number of aryl methyl sites for hydroxylation is 1. The number of rotatable bonds is 7. The molecule has 1 aromatic heterocycles. The Morgan fingerprint density at radius 3 is 2.82 bits per heavy atom. The minimum atomic E-state index is -0.350. The zero-order valence-corrected chi connectivity index (χ0v) is 20.4. The fourth-order valence-electron chi connectivity index (χ4n) is 4.54. The molecule has 0 radical (unpaired) electrons. The highest BCUT2D eigenvalue weighted by molar-refractivity contribution is 7.99. The average Bonchev–Trinajstić information content (AvgIpc) is 3.24. The molecule has 2 aromatic carbocycles. The van der Waals surface area contributed by atoms with E-state index in [4.69, 9.17) is 14.6 Å². The third-order valence-corrected chi connectivity index (χ3v) is 6.99. The van der Waals surface area contributed by atoms with Gasteiger partial charge in [-0.3, -0.25) is 4.79 Å². The Labute approximate surface area is 203 Å². The van der Waals surface area contributed by atoms with Gasteiger partial charge in [-0.25, -0.2) is 4.68 Å². The van der Waals surface area contributed by atoms with E-state index in [0.717, 1.165) is 41.0 Å². The molecule has 34 heavy (non-hydrogen) atoms. The van der Waals surface area contributed by atoms with Crippen molar-refractivity contribution >= 4 is 23.5 Å². The number of nitrogens with zero attached hydrogens (tertiary/aromatic N) is 3. The Bertz CT molecular complexity index is 1270. The molecule has 1 aliphatic heterocycles. The van der Waals surface area contributed by atoms with E-state index < -0.39 is 0 Å². The lowest BCUT2D eigenvalue weighted by Gasteiger charge is -2.32. The van der Waals surface area contributed by atoms with Gasteiger partial charge in [0, 0.05) is 17.7 Å². The van der Waals surface area contributed by atoms with Crippen molar-refractivity contribution in [2.45, 2.75) is 50.9 Å². The summed E-state index contributed by atoms with van der Waals surface area (Å²) in [6.45, 7) is 4.60. The Balaban J connectivity index is 1.52. The second kappa shape index (κ2) is 9.54. The van der Waals surface area contributed by atoms with E-state index in [2.05, 4.69) is 36.3 Å². The first-order valence-electron chi connectivity index (χ1n) is 11.6. The number of benzene rings is 2. The number of thioether (sulfide) groups is 1. The van der Waals surface area contributed by atoms with Crippen LogP contribution in [0.4, 0.5) is 5.95 Å². The SMILES string of the molecule is CCSc1nc2n(n1)C(c1ccc(OCc3ccccc3C)c(OC)c1)C1=C(CCCC1=O)N2. The van der Waals surface area contributed by atoms with Crippen LogP contribution in [0, 0.1) is 6.92 Å². The number of nitrogens with one attached hydrogen (secondary N) is 1. The van der Waals surface area contributed by atoms with Crippen LogP contribution in [-0.4, -0.2) is 33.4 Å². The lowest BCUT2D eigenvalue weighted by atomic mass is 9.85. The largest absolute Gasteiger partial charge is 0.493 e. The van der Waals surface area contributed by atoms with E-state index in [0.29, 0.717) is 35.6 Å². The summed E-state index contributed by atoms with van der Waals surface area (Å²) in [5, 5.41) is 8.81. The fourth-order valence-corrected chi connectivity index (χ4v) is 5.09. The van der Waals surface area contributed by atoms with Crippen LogP contribution in [0.5, 0.6) is 11.5 Å². The third kappa shape index (κ3) is 4.18. The lowest BCUT2D eigenvalue weighted by Crippen LogP contribution is -2.31. The van der Waals surface area contributed by atoms with Crippen molar-refractivity contribution in [3.8, 4) is 11.5 Å². The molecule has 8 heteroatoms. The number of carbonyl (C=O) groups is 1. The Kier molecular flexibility index (Phi) is 6.32. The molecular weight excluding hydrogens is 448 g/mol. The zero-order valence-electron chi connectivity index (χ0n) is 19.6. The molecular formula is C26H28N4O3S. The monoisotopic (exact) mass is 476 g/mol. The number of allylic oxidation sites excluding steroid dienone is 2. The Morgan fingerprint density at radius 1 is 1.18 bits per heavy atom. The van der Waals surface area contributed by atoms with Crippen LogP contribution in [0.1, 0.15) is 48.9 Å². The van der Waals surface area contributed by atoms with Crippen LogP contribution in [0.2, 0.25) is 0 Å². The molecule has 1 N–H and O–H groups in total. The van der Waals surface area contributed by atoms with Crippen LogP contribution < -0.4 is 14.8 Å². The summed E-state index contributed by atoms with van der Waals surface area (Å²) in [7, 11) is 1.63. The quantitative estimate of drug-likeness (QED) is 0.463. The number of anilines is 1. The van der Waals surface area contributed by atoms with E-state index in [9.17, 15) is 4.79 Å². The summed E-state index contributed by atoms with van der Waals surface area (Å²) in [5.41, 5.74) is 4.95. The number of ether oxygens (including phenoxy) is 2. The number of hydrogen-bond donors (Lipinski definition) is 1. The average molecular weight is 477 g/mol. The van der Waals surface area contributed by atoms with Crippen molar-refractivity contribution in [2.24, 2.45) is 0 Å². The predicted molar refractivity (Wildman–Crippen MR) is 133 cm³/mol. The number of carbonyl (C=O) groups excluding carboxylic acids is 1. The molecule has 5 rings (SSSR count). The summed E-state index contributed by atoms with van der Waals surface area (Å²) in [6, 6.07) is 13.7. The van der Waals surface area contributed by atoms with Gasteiger partial charge in [0.15, 0.2) is 17.3 Å². The molecule has 0 saturated carbocycles. The number of aromatic nitrogens is 3. The van der Waals surface area contributed by atoms with Gasteiger partial charge in [-0.1, -0.05) is 49.0 Å². The van der Waals surface area contributed by atoms with Crippen LogP contribution in [0.25, 0.3) is 0 Å². The summed E-state index contributed by atoms with van der Waals surface area (Å²) in [6.07, 6.45) is 2.22. The van der Waals surface area contributed by atoms with Gasteiger partial charge in [0.05, 0.1) is 7.11 Å². The maximum absolute atomic E-state index is 13.0. The topological polar surface area (TPSA) is 78.3 Å². The predicted octanol–water partition coefficient (Wildman–Crippen LogP) is 5.31. The van der Waals surface area contributed by atoms with Crippen LogP contribution in [0.15, 0.2) is 58.9 Å². The third-order valence-electron chi connectivity index (χ3n) is 6.27. The van der Waals surface area contributed by atoms with Crippen molar-refractivity contribution < 1.29 is 14.3 Å². The smallest absolute Gasteiger partial charge is 0.227 e. The maximum Gasteiger partial charge on any atom is 0.227 e. The molecule has 7 nitrogen and oxygen atoms in total. The molecule has 0 spiro atoms. The first kappa shape index (κ1) is 22.5. The molecule has 1 unspecified atom stereocenters. The van der Waals surface area contributed by atoms with Crippen molar-refractivity contribution in [3.63, 3.8) is 0 Å². The summed E-state index contributed by atoms with van der Waals surface area (Å²) >= 11 is 1.58.